The first-order valence-electron chi connectivity index (χ1n) is 14.5. The smallest absolute Gasteiger partial charge is 0.309 e. The third-order valence-electron chi connectivity index (χ3n) is 9.21. The maximum atomic E-state index is 13.6. The quantitative estimate of drug-likeness (QED) is 0.258. The van der Waals surface area contributed by atoms with Crippen molar-refractivity contribution in [3.63, 3.8) is 0 Å². The van der Waals surface area contributed by atoms with Gasteiger partial charge in [-0.05, 0) is 68.5 Å². The molecule has 0 radical (unpaired) electrons. The van der Waals surface area contributed by atoms with Gasteiger partial charge in [-0.3, -0.25) is 9.59 Å². The number of hydrogen-bond donors (Lipinski definition) is 2. The number of aliphatic imine (C=N–C) groups is 1. The number of carbonyl (C=O) groups is 2. The number of halogens is 1. The van der Waals surface area contributed by atoms with Gasteiger partial charge >= 0.3 is 5.97 Å². The van der Waals surface area contributed by atoms with E-state index in [9.17, 15) is 19.8 Å². The van der Waals surface area contributed by atoms with E-state index in [1.54, 1.807) is 57.5 Å². The number of cyclic esters (lactones) is 1. The van der Waals surface area contributed by atoms with E-state index in [0.717, 1.165) is 6.42 Å². The molecule has 3 fully saturated rings. The lowest BCUT2D eigenvalue weighted by atomic mass is 9.75. The van der Waals surface area contributed by atoms with Gasteiger partial charge in [0, 0.05) is 33.0 Å². The lowest BCUT2D eigenvalue weighted by molar-refractivity contribution is -0.286. The second-order valence-corrected chi connectivity index (χ2v) is 13.9. The number of rotatable bonds is 3. The van der Waals surface area contributed by atoms with Crippen LogP contribution in [-0.4, -0.2) is 106 Å². The Morgan fingerprint density at radius 3 is 2.29 bits per heavy atom. The summed E-state index contributed by atoms with van der Waals surface area (Å²) in [7, 11) is 5.21. The van der Waals surface area contributed by atoms with Gasteiger partial charge < -0.3 is 38.8 Å². The number of methoxy groups -OCH3 is 1. The van der Waals surface area contributed by atoms with Crippen molar-refractivity contribution in [2.75, 3.05) is 21.2 Å². The van der Waals surface area contributed by atoms with Gasteiger partial charge in [-0.2, -0.15) is 0 Å². The molecule has 3 rings (SSSR count). The van der Waals surface area contributed by atoms with Gasteiger partial charge in [-0.1, -0.05) is 27.7 Å². The van der Waals surface area contributed by atoms with E-state index in [0.29, 0.717) is 12.4 Å². The molecule has 12 heteroatoms. The van der Waals surface area contributed by atoms with Crippen LogP contribution in [0.1, 0.15) is 67.7 Å². The van der Waals surface area contributed by atoms with E-state index in [-0.39, 0.29) is 30.3 Å². The van der Waals surface area contributed by atoms with Gasteiger partial charge in [0.15, 0.2) is 16.5 Å². The summed E-state index contributed by atoms with van der Waals surface area (Å²) < 4.78 is 29.9. The number of amidine groups is 1. The third kappa shape index (κ3) is 7.03. The molecule has 3 heterocycles. The normalized spacial score (nSPS) is 47.9. The largest absolute Gasteiger partial charge is 0.454 e. The predicted octanol–water partition coefficient (Wildman–Crippen LogP) is 2.92. The Labute approximate surface area is 257 Å². The van der Waals surface area contributed by atoms with Gasteiger partial charge in [0.1, 0.15) is 11.4 Å². The molecule has 0 aliphatic carbocycles. The molecule has 0 aromatic heterocycles. The van der Waals surface area contributed by atoms with Crippen molar-refractivity contribution in [3.05, 3.63) is 0 Å². The fourth-order valence-corrected chi connectivity index (χ4v) is 7.22. The monoisotopic (exact) mass is 696 g/mol. The zero-order chi connectivity index (χ0) is 31.0. The maximum absolute atomic E-state index is 13.6. The van der Waals surface area contributed by atoms with Crippen molar-refractivity contribution in [3.8, 4) is 0 Å². The van der Waals surface area contributed by atoms with Crippen molar-refractivity contribution < 1.29 is 43.5 Å². The van der Waals surface area contributed by atoms with Crippen LogP contribution in [0.2, 0.25) is 0 Å². The molecule has 3 saturated heterocycles. The zero-order valence-electron chi connectivity index (χ0n) is 26.0. The molecular formula is C29H49IN2O9. The molecule has 236 valence electrons. The lowest BCUT2D eigenvalue weighted by Gasteiger charge is -2.46. The number of ether oxygens (including phenoxy) is 5. The summed E-state index contributed by atoms with van der Waals surface area (Å²) >= 11 is 1.80. The summed E-state index contributed by atoms with van der Waals surface area (Å²) in [5, 5.41) is 22.1. The lowest BCUT2D eigenvalue weighted by Crippen LogP contribution is -2.57. The minimum absolute atomic E-state index is 0.00943. The number of aliphatic hydroxyl groups excluding tert-OH is 1. The molecule has 3 aliphatic heterocycles. The molecule has 0 bridgehead atoms. The van der Waals surface area contributed by atoms with Crippen LogP contribution in [0, 0.1) is 23.7 Å². The van der Waals surface area contributed by atoms with Crippen LogP contribution in [0.4, 0.5) is 0 Å². The molecule has 0 saturated carbocycles. The minimum Gasteiger partial charge on any atom is -0.454 e. The molecule has 0 aromatic carbocycles. The first-order chi connectivity index (χ1) is 19.0. The first kappa shape index (κ1) is 34.4. The summed E-state index contributed by atoms with van der Waals surface area (Å²) in [5.74, 6) is -3.00. The number of likely N-dealkylation sites (N-methyl/N-ethyl adjacent to an activating group) is 1. The van der Waals surface area contributed by atoms with Crippen LogP contribution < -0.4 is 0 Å². The van der Waals surface area contributed by atoms with Crippen molar-refractivity contribution in [1.29, 1.82) is 0 Å². The number of fused-ring (bicyclic) bond motifs is 1. The van der Waals surface area contributed by atoms with E-state index in [2.05, 4.69) is 4.99 Å². The number of hydrogen-bond acceptors (Lipinski definition) is 10. The number of esters is 1. The number of aliphatic hydroxyl groups is 2. The summed E-state index contributed by atoms with van der Waals surface area (Å²) in [5.41, 5.74) is -2.82. The summed E-state index contributed by atoms with van der Waals surface area (Å²) in [4.78, 5) is 33.0. The van der Waals surface area contributed by atoms with Crippen molar-refractivity contribution in [1.82, 2.24) is 4.90 Å². The van der Waals surface area contributed by atoms with Gasteiger partial charge in [0.25, 0.3) is 6.02 Å². The molecule has 41 heavy (non-hydrogen) atoms. The number of ketones is 1. The average molecular weight is 697 g/mol. The molecule has 0 spiro atoms. The summed E-state index contributed by atoms with van der Waals surface area (Å²) in [6.45, 7) is 12.4. The van der Waals surface area contributed by atoms with Crippen LogP contribution in [-0.2, 0) is 33.3 Å². The van der Waals surface area contributed by atoms with E-state index in [1.807, 2.05) is 32.7 Å². The molecule has 2 N–H and O–H groups in total. The molecule has 0 amide bonds. The molecule has 13 atom stereocenters. The topological polar surface area (TPSA) is 136 Å². The highest BCUT2D eigenvalue weighted by Crippen LogP contribution is 2.40. The van der Waals surface area contributed by atoms with Crippen LogP contribution in [0.5, 0.6) is 0 Å². The number of alkyl halides is 1. The Morgan fingerprint density at radius 2 is 1.71 bits per heavy atom. The SMILES string of the molecule is CN=C1O[C@H]2[C@H](O[C@@H]3[C@@H](C)C[C@@H](C)C(=O)O[C@H](I)[C@@](C)(O)C(O)[C@@H](C)C(=O)[C@H](C)C[C@@]3(C)OC)O[C@H](C)C[C@@H]2N1C. The van der Waals surface area contributed by atoms with Gasteiger partial charge in [-0.25, -0.2) is 4.99 Å². The van der Waals surface area contributed by atoms with Crippen molar-refractivity contribution >= 4 is 40.4 Å². The highest BCUT2D eigenvalue weighted by Gasteiger charge is 2.53. The standard InChI is InChI=1S/C29H49IN2O9/c1-14-11-15(2)24(35)41-26(30)29(7,36)22(34)18(5)20(33)16(3)13-28(6,37-10)23(14)40-25-21-19(12-17(4)38-25)32(9)27(31-8)39-21/h14-19,21-23,25-26,34,36H,11-13H2,1-10H3/t14-,15+,16+,17+,18-,19-,21+,22?,23+,25-,26-,28+,29-/m0/s1. The van der Waals surface area contributed by atoms with Gasteiger partial charge in [0.05, 0.1) is 35.9 Å². The minimum atomic E-state index is -1.84. The van der Waals surface area contributed by atoms with E-state index >= 15 is 0 Å². The number of carbonyl (C=O) groups excluding carboxylic acids is 2. The molecule has 11 nitrogen and oxygen atoms in total. The fraction of sp³-hybridized carbons (Fsp3) is 0.897. The first-order valence-corrected chi connectivity index (χ1v) is 15.7. The van der Waals surface area contributed by atoms with Crippen LogP contribution >= 0.6 is 22.6 Å². The Morgan fingerprint density at radius 1 is 1.07 bits per heavy atom. The second-order valence-electron chi connectivity index (χ2n) is 12.7. The summed E-state index contributed by atoms with van der Waals surface area (Å²) in [6.07, 6.45) is -1.91. The highest BCUT2D eigenvalue weighted by molar-refractivity contribution is 14.1. The number of nitrogens with zero attached hydrogens (tertiary/aromatic N) is 2. The van der Waals surface area contributed by atoms with Crippen LogP contribution in [0.25, 0.3) is 0 Å². The second kappa shape index (κ2) is 13.3. The van der Waals surface area contributed by atoms with E-state index in [4.69, 9.17) is 23.7 Å². The molecular weight excluding hydrogens is 647 g/mol. The number of Topliss-reactive ketones (excluding diaryl/α,β-unsaturated/α-hetero) is 1. The Kier molecular flexibility index (Phi) is 11.2. The van der Waals surface area contributed by atoms with Crippen molar-refractivity contribution in [2.24, 2.45) is 28.7 Å². The summed E-state index contributed by atoms with van der Waals surface area (Å²) in [6, 6.07) is 0.530. The third-order valence-corrected chi connectivity index (χ3v) is 10.7. The maximum Gasteiger partial charge on any atom is 0.309 e. The van der Waals surface area contributed by atoms with E-state index in [1.165, 1.54) is 6.92 Å². The Bertz CT molecular complexity index is 980. The molecule has 3 aliphatic rings. The van der Waals surface area contributed by atoms with Crippen LogP contribution in [0.15, 0.2) is 4.99 Å². The average Bonchev–Trinajstić information content (AvgIpc) is 3.24. The Hall–Kier alpha value is -1.06. The Balaban J connectivity index is 2.01. The van der Waals surface area contributed by atoms with Gasteiger partial charge in [-0.15, -0.1) is 0 Å². The predicted molar refractivity (Wildman–Crippen MR) is 160 cm³/mol. The zero-order valence-corrected chi connectivity index (χ0v) is 28.2. The molecule has 1 unspecified atom stereocenters. The van der Waals surface area contributed by atoms with Gasteiger partial charge in [0.2, 0.25) is 0 Å². The van der Waals surface area contributed by atoms with E-state index < -0.39 is 63.6 Å². The van der Waals surface area contributed by atoms with Crippen molar-refractivity contribution in [2.45, 2.75) is 120 Å². The highest BCUT2D eigenvalue weighted by atomic mass is 127. The fourth-order valence-electron chi connectivity index (χ4n) is 6.61. The molecule has 0 aromatic rings. The van der Waals surface area contributed by atoms with Crippen LogP contribution in [0.3, 0.4) is 0 Å².